The van der Waals surface area contributed by atoms with Crippen LogP contribution in [0.15, 0.2) is 6.07 Å². The summed E-state index contributed by atoms with van der Waals surface area (Å²) in [6.07, 6.45) is -2.80. The van der Waals surface area contributed by atoms with Crippen molar-refractivity contribution in [3.8, 4) is 5.75 Å². The first kappa shape index (κ1) is 11.3. The minimum Gasteiger partial charge on any atom is -0.496 e. The fourth-order valence-electron chi connectivity index (χ4n) is 0.951. The Morgan fingerprint density at radius 3 is 2.64 bits per heavy atom. The number of alkyl halides is 3. The highest BCUT2D eigenvalue weighted by atomic mass is 79.9. The van der Waals surface area contributed by atoms with Crippen molar-refractivity contribution in [2.24, 2.45) is 0 Å². The van der Waals surface area contributed by atoms with Gasteiger partial charge < -0.3 is 4.74 Å². The molecule has 78 valence electrons. The lowest BCUT2D eigenvalue weighted by Crippen LogP contribution is -2.01. The molecule has 0 spiro atoms. The van der Waals surface area contributed by atoms with Crippen LogP contribution >= 0.6 is 15.9 Å². The molecule has 0 aromatic carbocycles. The fraction of sp³-hybridized carbons (Fsp3) is 0.375. The van der Waals surface area contributed by atoms with Crippen LogP contribution in [0.5, 0.6) is 5.75 Å². The van der Waals surface area contributed by atoms with E-state index in [0.717, 1.165) is 6.07 Å². The van der Waals surface area contributed by atoms with Crippen molar-refractivity contribution in [2.45, 2.75) is 11.8 Å². The summed E-state index contributed by atoms with van der Waals surface area (Å²) in [5.74, 6) is -0.860. The van der Waals surface area contributed by atoms with Crippen LogP contribution in [0.2, 0.25) is 0 Å². The van der Waals surface area contributed by atoms with Crippen molar-refractivity contribution in [3.05, 3.63) is 23.3 Å². The van der Waals surface area contributed by atoms with E-state index in [1.165, 1.54) is 7.11 Å². The molecule has 0 unspecified atom stereocenters. The maximum absolute atomic E-state index is 13.1. The van der Waals surface area contributed by atoms with E-state index in [2.05, 4.69) is 20.9 Å². The Kier molecular flexibility index (Phi) is 3.74. The largest absolute Gasteiger partial charge is 0.496 e. The number of pyridine rings is 1. The molecule has 1 heterocycles. The highest BCUT2D eigenvalue weighted by Gasteiger charge is 2.17. The normalized spacial score (nSPS) is 10.7. The van der Waals surface area contributed by atoms with E-state index in [-0.39, 0.29) is 16.6 Å². The number of ether oxygens (including phenoxy) is 1. The summed E-state index contributed by atoms with van der Waals surface area (Å²) < 4.78 is 42.3. The maximum Gasteiger partial charge on any atom is 0.280 e. The molecule has 0 N–H and O–H groups in total. The van der Waals surface area contributed by atoms with Gasteiger partial charge in [0.2, 0.25) is 5.95 Å². The number of methoxy groups -OCH3 is 1. The Hall–Kier alpha value is -0.780. The van der Waals surface area contributed by atoms with Gasteiger partial charge >= 0.3 is 0 Å². The zero-order valence-electron chi connectivity index (χ0n) is 7.23. The zero-order valence-corrected chi connectivity index (χ0v) is 8.82. The molecule has 0 saturated heterocycles. The maximum atomic E-state index is 13.1. The van der Waals surface area contributed by atoms with Crippen LogP contribution in [0.4, 0.5) is 13.2 Å². The molecule has 1 aromatic rings. The number of halogens is 4. The molecule has 0 aliphatic rings. The third-order valence-corrected chi connectivity index (χ3v) is 2.19. The van der Waals surface area contributed by atoms with Crippen LogP contribution in [0.1, 0.15) is 17.7 Å². The van der Waals surface area contributed by atoms with E-state index in [4.69, 9.17) is 4.74 Å². The highest BCUT2D eigenvalue weighted by Crippen LogP contribution is 2.27. The molecular formula is C8H7BrF3NO. The van der Waals surface area contributed by atoms with E-state index >= 15 is 0 Å². The summed E-state index contributed by atoms with van der Waals surface area (Å²) in [4.78, 5) is 3.13. The Bertz CT molecular complexity index is 333. The predicted octanol–water partition coefficient (Wildman–Crippen LogP) is 3.06. The number of hydrogen-bond donors (Lipinski definition) is 0. The summed E-state index contributed by atoms with van der Waals surface area (Å²) in [5, 5.41) is 0.165. The topological polar surface area (TPSA) is 22.1 Å². The van der Waals surface area contributed by atoms with Gasteiger partial charge in [0, 0.05) is 11.4 Å². The SMILES string of the molecule is COc1cc(C(F)F)nc(F)c1CBr. The third kappa shape index (κ3) is 2.17. The van der Waals surface area contributed by atoms with Crippen LogP contribution in [0.3, 0.4) is 0 Å². The lowest BCUT2D eigenvalue weighted by molar-refractivity contribution is 0.144. The van der Waals surface area contributed by atoms with Crippen molar-refractivity contribution in [1.29, 1.82) is 0 Å². The molecule has 0 saturated carbocycles. The monoisotopic (exact) mass is 269 g/mol. The Morgan fingerprint density at radius 1 is 1.57 bits per heavy atom. The average molecular weight is 270 g/mol. The summed E-state index contributed by atoms with van der Waals surface area (Å²) in [6.45, 7) is 0. The first-order valence-electron chi connectivity index (χ1n) is 3.67. The van der Waals surface area contributed by atoms with Crippen LogP contribution < -0.4 is 4.74 Å². The molecule has 0 aliphatic carbocycles. The van der Waals surface area contributed by atoms with Crippen molar-refractivity contribution >= 4 is 15.9 Å². The van der Waals surface area contributed by atoms with Crippen molar-refractivity contribution < 1.29 is 17.9 Å². The molecule has 14 heavy (non-hydrogen) atoms. The van der Waals surface area contributed by atoms with Gasteiger partial charge in [-0.25, -0.2) is 13.8 Å². The summed E-state index contributed by atoms with van der Waals surface area (Å²) >= 11 is 3.01. The van der Waals surface area contributed by atoms with Gasteiger partial charge in [-0.15, -0.1) is 0 Å². The predicted molar refractivity (Wildman–Crippen MR) is 48.3 cm³/mol. The smallest absolute Gasteiger partial charge is 0.280 e. The quantitative estimate of drug-likeness (QED) is 0.622. The standard InChI is InChI=1S/C8H7BrF3NO/c1-14-6-2-5(7(10)11)13-8(12)4(6)3-9/h2,7H,3H2,1H3. The molecule has 0 bridgehead atoms. The Morgan fingerprint density at radius 2 is 2.21 bits per heavy atom. The van der Waals surface area contributed by atoms with E-state index < -0.39 is 18.1 Å². The van der Waals surface area contributed by atoms with Crippen molar-refractivity contribution in [3.63, 3.8) is 0 Å². The lowest BCUT2D eigenvalue weighted by atomic mass is 10.2. The van der Waals surface area contributed by atoms with Crippen LogP contribution in [-0.4, -0.2) is 12.1 Å². The molecule has 6 heteroatoms. The summed E-state index contributed by atoms with van der Waals surface area (Å²) in [5.41, 5.74) is -0.485. The summed E-state index contributed by atoms with van der Waals surface area (Å²) in [6, 6.07) is 1.03. The first-order chi connectivity index (χ1) is 6.60. The number of aromatic nitrogens is 1. The molecule has 0 atom stereocenters. The molecule has 1 rings (SSSR count). The zero-order chi connectivity index (χ0) is 10.7. The Labute approximate surface area is 87.2 Å². The molecule has 0 aliphatic heterocycles. The van der Waals surface area contributed by atoms with Gasteiger partial charge in [0.05, 0.1) is 12.7 Å². The molecule has 0 radical (unpaired) electrons. The van der Waals surface area contributed by atoms with Crippen LogP contribution in [0.25, 0.3) is 0 Å². The molecule has 2 nitrogen and oxygen atoms in total. The van der Waals surface area contributed by atoms with Crippen molar-refractivity contribution in [1.82, 2.24) is 4.98 Å². The van der Waals surface area contributed by atoms with E-state index in [0.29, 0.717) is 0 Å². The lowest BCUT2D eigenvalue weighted by Gasteiger charge is -2.08. The number of nitrogens with zero attached hydrogens (tertiary/aromatic N) is 1. The van der Waals surface area contributed by atoms with Gasteiger partial charge in [-0.1, -0.05) is 15.9 Å². The van der Waals surface area contributed by atoms with Gasteiger partial charge in [0.1, 0.15) is 11.4 Å². The molecule has 0 amide bonds. The second-order valence-corrected chi connectivity index (χ2v) is 3.01. The van der Waals surface area contributed by atoms with E-state index in [9.17, 15) is 13.2 Å². The van der Waals surface area contributed by atoms with Crippen LogP contribution in [0, 0.1) is 5.95 Å². The first-order valence-corrected chi connectivity index (χ1v) is 4.79. The van der Waals surface area contributed by atoms with Crippen LogP contribution in [-0.2, 0) is 5.33 Å². The average Bonchev–Trinajstić information content (AvgIpc) is 2.16. The summed E-state index contributed by atoms with van der Waals surface area (Å²) in [7, 11) is 1.29. The van der Waals surface area contributed by atoms with Gasteiger partial charge in [-0.2, -0.15) is 4.39 Å². The molecule has 0 fully saturated rings. The Balaban J connectivity index is 3.24. The van der Waals surface area contributed by atoms with Gasteiger partial charge in [-0.05, 0) is 0 Å². The van der Waals surface area contributed by atoms with Gasteiger partial charge in [-0.3, -0.25) is 0 Å². The third-order valence-electron chi connectivity index (χ3n) is 1.63. The fourth-order valence-corrected chi connectivity index (χ4v) is 1.46. The molecule has 1 aromatic heterocycles. The van der Waals surface area contributed by atoms with Gasteiger partial charge in [0.25, 0.3) is 6.43 Å². The second kappa shape index (κ2) is 4.63. The number of rotatable bonds is 3. The van der Waals surface area contributed by atoms with Gasteiger partial charge in [0.15, 0.2) is 0 Å². The minimum atomic E-state index is -2.80. The van der Waals surface area contributed by atoms with E-state index in [1.807, 2.05) is 0 Å². The number of hydrogen-bond acceptors (Lipinski definition) is 2. The molecular weight excluding hydrogens is 263 g/mol. The van der Waals surface area contributed by atoms with E-state index in [1.54, 1.807) is 0 Å². The highest BCUT2D eigenvalue weighted by molar-refractivity contribution is 9.08. The van der Waals surface area contributed by atoms with Crippen molar-refractivity contribution in [2.75, 3.05) is 7.11 Å². The second-order valence-electron chi connectivity index (χ2n) is 2.45. The minimum absolute atomic E-state index is 0.0738.